The highest BCUT2D eigenvalue weighted by Crippen LogP contribution is 2.38. The molecular weight excluding hydrogens is 510 g/mol. The summed E-state index contributed by atoms with van der Waals surface area (Å²) >= 11 is 0. The van der Waals surface area contributed by atoms with E-state index < -0.39 is 0 Å². The van der Waals surface area contributed by atoms with E-state index in [4.69, 9.17) is 9.97 Å². The second-order valence-electron chi connectivity index (χ2n) is 12.3. The number of unbranched alkanes of at least 4 members (excludes halogenated alkanes) is 1. The van der Waals surface area contributed by atoms with Crippen LogP contribution in [0.3, 0.4) is 0 Å². The lowest BCUT2D eigenvalue weighted by molar-refractivity contribution is 0.0505. The average Bonchev–Trinajstić information content (AvgIpc) is 3.29. The summed E-state index contributed by atoms with van der Waals surface area (Å²) in [4.78, 5) is 14.7. The van der Waals surface area contributed by atoms with Gasteiger partial charge in [-0.2, -0.15) is 0 Å². The molecule has 8 nitrogen and oxygen atoms in total. The number of hydrogen-bond acceptors (Lipinski definition) is 7. The number of fused-ring (bicyclic) bond motifs is 1. The van der Waals surface area contributed by atoms with Crippen molar-refractivity contribution in [1.29, 1.82) is 0 Å². The third-order valence-electron chi connectivity index (χ3n) is 8.72. The van der Waals surface area contributed by atoms with Crippen molar-refractivity contribution in [3.8, 4) is 5.75 Å². The third-order valence-corrected chi connectivity index (χ3v) is 8.72. The predicted octanol–water partition coefficient (Wildman–Crippen LogP) is 4.90. The molecule has 8 heteroatoms. The van der Waals surface area contributed by atoms with Gasteiger partial charge in [-0.15, -0.1) is 0 Å². The van der Waals surface area contributed by atoms with E-state index in [1.165, 1.54) is 29.8 Å². The fourth-order valence-electron chi connectivity index (χ4n) is 6.42. The lowest BCUT2D eigenvalue weighted by Crippen LogP contribution is -2.52. The molecule has 0 bridgehead atoms. The molecular formula is C33H53N7O. The lowest BCUT2D eigenvalue weighted by Gasteiger charge is -2.46. The van der Waals surface area contributed by atoms with Crippen LogP contribution in [-0.4, -0.2) is 81.8 Å². The molecule has 3 aromatic rings. The van der Waals surface area contributed by atoms with E-state index in [9.17, 15) is 5.11 Å². The first-order valence-electron chi connectivity index (χ1n) is 15.8. The Morgan fingerprint density at radius 1 is 1.05 bits per heavy atom. The zero-order chi connectivity index (χ0) is 29.4. The van der Waals surface area contributed by atoms with Gasteiger partial charge in [-0.05, 0) is 83.0 Å². The summed E-state index contributed by atoms with van der Waals surface area (Å²) in [6.45, 7) is 15.0. The monoisotopic (exact) mass is 563 g/mol. The van der Waals surface area contributed by atoms with Crippen molar-refractivity contribution in [2.75, 3.05) is 40.3 Å². The number of piperidine rings is 1. The van der Waals surface area contributed by atoms with E-state index in [2.05, 4.69) is 78.9 Å². The zero-order valence-corrected chi connectivity index (χ0v) is 26.3. The first-order chi connectivity index (χ1) is 19.8. The quantitative estimate of drug-likeness (QED) is 0.342. The predicted molar refractivity (Wildman–Crippen MR) is 169 cm³/mol. The van der Waals surface area contributed by atoms with Gasteiger partial charge in [0, 0.05) is 69.5 Å². The highest BCUT2D eigenvalue weighted by Gasteiger charge is 2.38. The van der Waals surface area contributed by atoms with E-state index in [-0.39, 0.29) is 5.54 Å². The number of aryl methyl sites for hydroxylation is 2. The first kappa shape index (κ1) is 31.4. The molecule has 2 unspecified atom stereocenters. The minimum atomic E-state index is -0.0372. The van der Waals surface area contributed by atoms with Gasteiger partial charge in [-0.3, -0.25) is 9.80 Å². The maximum atomic E-state index is 10.0. The van der Waals surface area contributed by atoms with Crippen LogP contribution in [0.4, 0.5) is 0 Å². The number of aromatic hydroxyl groups is 1. The zero-order valence-electron chi connectivity index (χ0n) is 26.3. The maximum Gasteiger partial charge on any atom is 0.160 e. The standard InChI is InChI=1S/C27H39N5O.C6H14N2/c1-5-7-11-25-29-24-17-21(19-28-26(24)32(25)14-6-2)20-31-15-12-27(13-16-31,30(3)4)22-9-8-10-23(33)18-22;1-5-3-7-4-6(2)8-5/h8-10,17-19,33H,5-7,11-16,20H2,1-4H3;5-8H,3-4H2,1-2H3. The van der Waals surface area contributed by atoms with Crippen LogP contribution in [0.15, 0.2) is 36.5 Å². The van der Waals surface area contributed by atoms with Gasteiger partial charge in [0.25, 0.3) is 0 Å². The summed E-state index contributed by atoms with van der Waals surface area (Å²) in [5.41, 5.74) is 4.47. The van der Waals surface area contributed by atoms with E-state index >= 15 is 0 Å². The van der Waals surface area contributed by atoms with Gasteiger partial charge in [-0.1, -0.05) is 32.4 Å². The Labute approximate surface area is 247 Å². The number of nitrogens with one attached hydrogen (secondary N) is 2. The summed E-state index contributed by atoms with van der Waals surface area (Å²) in [5.74, 6) is 1.52. The topological polar surface area (TPSA) is 81.5 Å². The highest BCUT2D eigenvalue weighted by molar-refractivity contribution is 5.72. The fourth-order valence-corrected chi connectivity index (χ4v) is 6.42. The largest absolute Gasteiger partial charge is 0.508 e. The molecule has 5 rings (SSSR count). The molecule has 0 radical (unpaired) electrons. The van der Waals surface area contributed by atoms with Crippen molar-refractivity contribution in [2.45, 2.75) is 96.9 Å². The van der Waals surface area contributed by atoms with Crippen LogP contribution < -0.4 is 10.6 Å². The van der Waals surface area contributed by atoms with Crippen molar-refractivity contribution in [3.63, 3.8) is 0 Å². The average molecular weight is 564 g/mol. The molecule has 2 fully saturated rings. The summed E-state index contributed by atoms with van der Waals surface area (Å²) < 4.78 is 2.32. The number of aromatic nitrogens is 3. The lowest BCUT2D eigenvalue weighted by atomic mass is 9.79. The number of piperazine rings is 1. The normalized spacial score (nSPS) is 21.1. The number of hydrogen-bond donors (Lipinski definition) is 3. The molecule has 2 aromatic heterocycles. The molecule has 1 aromatic carbocycles. The van der Waals surface area contributed by atoms with Crippen LogP contribution in [0.25, 0.3) is 11.2 Å². The molecule has 2 atom stereocenters. The van der Waals surface area contributed by atoms with Crippen molar-refractivity contribution < 1.29 is 5.11 Å². The van der Waals surface area contributed by atoms with Gasteiger partial charge < -0.3 is 20.3 Å². The third kappa shape index (κ3) is 7.86. The van der Waals surface area contributed by atoms with Crippen molar-refractivity contribution in [3.05, 3.63) is 53.5 Å². The van der Waals surface area contributed by atoms with Gasteiger partial charge in [0.05, 0.1) is 0 Å². The number of phenols is 1. The molecule has 226 valence electrons. The Hall–Kier alpha value is -2.52. The van der Waals surface area contributed by atoms with Crippen LogP contribution in [0.2, 0.25) is 0 Å². The molecule has 0 saturated carbocycles. The molecule has 41 heavy (non-hydrogen) atoms. The molecule has 4 heterocycles. The molecule has 2 saturated heterocycles. The number of rotatable bonds is 9. The smallest absolute Gasteiger partial charge is 0.160 e. The van der Waals surface area contributed by atoms with Crippen molar-refractivity contribution >= 4 is 11.2 Å². The number of pyridine rings is 1. The summed E-state index contributed by atoms with van der Waals surface area (Å²) in [6, 6.07) is 11.3. The van der Waals surface area contributed by atoms with E-state index in [1.54, 1.807) is 6.07 Å². The molecule has 2 aliphatic rings. The SMILES string of the molecule is CC1CNCC(C)N1.CCCCc1nc2cc(CN3CCC(c4cccc(O)c4)(N(C)C)CC3)cnc2n1CCC. The number of imidazole rings is 1. The van der Waals surface area contributed by atoms with E-state index in [0.29, 0.717) is 17.8 Å². The number of likely N-dealkylation sites (tertiary alicyclic amines) is 1. The molecule has 3 N–H and O–H groups in total. The van der Waals surface area contributed by atoms with Gasteiger partial charge in [-0.25, -0.2) is 9.97 Å². The van der Waals surface area contributed by atoms with Crippen LogP contribution in [0.1, 0.15) is 76.8 Å². The number of phenolic OH excluding ortho intramolecular Hbond substituents is 1. The van der Waals surface area contributed by atoms with E-state index in [1.807, 2.05) is 18.3 Å². The Kier molecular flexibility index (Phi) is 11.2. The highest BCUT2D eigenvalue weighted by atomic mass is 16.3. The van der Waals surface area contributed by atoms with Crippen molar-refractivity contribution in [2.24, 2.45) is 0 Å². The Morgan fingerprint density at radius 3 is 2.37 bits per heavy atom. The number of benzene rings is 1. The van der Waals surface area contributed by atoms with Gasteiger partial charge in [0.1, 0.15) is 17.1 Å². The van der Waals surface area contributed by atoms with Crippen LogP contribution in [0, 0.1) is 0 Å². The number of nitrogens with zero attached hydrogens (tertiary/aromatic N) is 5. The second kappa shape index (κ2) is 14.6. The molecule has 0 amide bonds. The van der Waals surface area contributed by atoms with Crippen LogP contribution in [-0.2, 0) is 25.0 Å². The summed E-state index contributed by atoms with van der Waals surface area (Å²) in [7, 11) is 4.31. The second-order valence-corrected chi connectivity index (χ2v) is 12.3. The van der Waals surface area contributed by atoms with Crippen molar-refractivity contribution in [1.82, 2.24) is 35.0 Å². The van der Waals surface area contributed by atoms with Gasteiger partial charge in [0.2, 0.25) is 0 Å². The minimum Gasteiger partial charge on any atom is -0.508 e. The Bertz CT molecular complexity index is 1220. The maximum absolute atomic E-state index is 10.0. The first-order valence-corrected chi connectivity index (χ1v) is 15.8. The van der Waals surface area contributed by atoms with Gasteiger partial charge >= 0.3 is 0 Å². The fraction of sp³-hybridized carbons (Fsp3) is 0.636. The van der Waals surface area contributed by atoms with Crippen LogP contribution >= 0.6 is 0 Å². The minimum absolute atomic E-state index is 0.0372. The van der Waals surface area contributed by atoms with E-state index in [0.717, 1.165) is 76.1 Å². The molecule has 0 aliphatic carbocycles. The Balaban J connectivity index is 0.000000417. The molecule has 0 spiro atoms. The van der Waals surface area contributed by atoms with Gasteiger partial charge in [0.15, 0.2) is 5.65 Å². The molecule has 2 aliphatic heterocycles. The van der Waals surface area contributed by atoms with Crippen LogP contribution in [0.5, 0.6) is 5.75 Å². The summed E-state index contributed by atoms with van der Waals surface area (Å²) in [6.07, 6.45) is 8.57. The Morgan fingerprint density at radius 2 is 1.78 bits per heavy atom. The summed E-state index contributed by atoms with van der Waals surface area (Å²) in [5, 5.41) is 16.8.